The summed E-state index contributed by atoms with van der Waals surface area (Å²) in [5.74, 6) is -0.0987. The van der Waals surface area contributed by atoms with Gasteiger partial charge >= 0.3 is 0 Å². The van der Waals surface area contributed by atoms with Gasteiger partial charge in [-0.25, -0.2) is 0 Å². The molecule has 0 bridgehead atoms. The number of hydrazone groups is 1. The van der Waals surface area contributed by atoms with Gasteiger partial charge < -0.3 is 5.11 Å². The number of hydrogen-bond acceptors (Lipinski definition) is 3. The summed E-state index contributed by atoms with van der Waals surface area (Å²) in [6, 6.07) is 0. The quantitative estimate of drug-likeness (QED) is 0.415. The molecule has 0 unspecified atom stereocenters. The molecular formula is C11H15N2O-. The highest BCUT2D eigenvalue weighted by Gasteiger charge is 1.96. The summed E-state index contributed by atoms with van der Waals surface area (Å²) in [5.41, 5.74) is 4.73. The molecule has 0 fully saturated rings. The van der Waals surface area contributed by atoms with Gasteiger partial charge in [-0.3, -0.25) is 5.43 Å². The van der Waals surface area contributed by atoms with Gasteiger partial charge in [0.1, 0.15) is 0 Å². The largest absolute Gasteiger partial charge is 0.860 e. The fourth-order valence-electron chi connectivity index (χ4n) is 1.10. The molecule has 76 valence electrons. The van der Waals surface area contributed by atoms with E-state index in [-0.39, 0.29) is 5.90 Å². The van der Waals surface area contributed by atoms with Gasteiger partial charge in [-0.1, -0.05) is 37.6 Å². The smallest absolute Gasteiger partial charge is 0.0376 e. The molecule has 0 saturated heterocycles. The Morgan fingerprint density at radius 1 is 1.43 bits per heavy atom. The molecule has 0 aromatic rings. The Morgan fingerprint density at radius 2 is 2.07 bits per heavy atom. The third kappa shape index (κ3) is 3.09. The van der Waals surface area contributed by atoms with Crippen molar-refractivity contribution >= 4 is 5.90 Å². The van der Waals surface area contributed by atoms with Crippen LogP contribution in [0, 0.1) is 0 Å². The minimum absolute atomic E-state index is 0.0987. The lowest BCUT2D eigenvalue weighted by Gasteiger charge is -2.10. The van der Waals surface area contributed by atoms with E-state index in [1.54, 1.807) is 0 Å². The fourth-order valence-corrected chi connectivity index (χ4v) is 1.10. The van der Waals surface area contributed by atoms with Crippen molar-refractivity contribution in [3.63, 3.8) is 0 Å². The molecule has 3 heteroatoms. The lowest BCUT2D eigenvalue weighted by Crippen LogP contribution is -2.21. The summed E-state index contributed by atoms with van der Waals surface area (Å²) >= 11 is 0. The van der Waals surface area contributed by atoms with E-state index in [0.717, 1.165) is 17.7 Å². The van der Waals surface area contributed by atoms with Crippen molar-refractivity contribution in [2.24, 2.45) is 5.10 Å². The Hall–Kier alpha value is -1.51. The number of allylic oxidation sites excluding steroid dienone is 6. The van der Waals surface area contributed by atoms with E-state index in [2.05, 4.69) is 10.5 Å². The molecule has 0 aliphatic heterocycles. The molecule has 0 radical (unpaired) electrons. The van der Waals surface area contributed by atoms with E-state index in [4.69, 9.17) is 0 Å². The molecule has 1 aliphatic carbocycles. The van der Waals surface area contributed by atoms with Crippen LogP contribution in [-0.4, -0.2) is 5.90 Å². The van der Waals surface area contributed by atoms with Crippen molar-refractivity contribution in [3.8, 4) is 0 Å². The van der Waals surface area contributed by atoms with Gasteiger partial charge in [-0.2, -0.15) is 5.10 Å². The van der Waals surface area contributed by atoms with Gasteiger partial charge in [0.25, 0.3) is 0 Å². The molecule has 1 N–H and O–H groups in total. The van der Waals surface area contributed by atoms with Crippen molar-refractivity contribution in [2.75, 3.05) is 0 Å². The Labute approximate surface area is 84.5 Å². The van der Waals surface area contributed by atoms with Crippen LogP contribution in [0.15, 0.2) is 40.7 Å². The van der Waals surface area contributed by atoms with E-state index in [9.17, 15) is 5.11 Å². The lowest BCUT2D eigenvalue weighted by molar-refractivity contribution is -0.219. The van der Waals surface area contributed by atoms with Gasteiger partial charge in [0.15, 0.2) is 0 Å². The van der Waals surface area contributed by atoms with Crippen LogP contribution in [0.2, 0.25) is 0 Å². The van der Waals surface area contributed by atoms with Crippen LogP contribution >= 0.6 is 0 Å². The Bertz CT molecular complexity index is 297. The minimum Gasteiger partial charge on any atom is -0.860 e. The summed E-state index contributed by atoms with van der Waals surface area (Å²) in [6.45, 7) is 3.86. The van der Waals surface area contributed by atoms with Crippen LogP contribution in [0.25, 0.3) is 0 Å². The van der Waals surface area contributed by atoms with Crippen LogP contribution in [0.3, 0.4) is 0 Å². The Morgan fingerprint density at radius 3 is 2.64 bits per heavy atom. The van der Waals surface area contributed by atoms with Gasteiger partial charge in [0.05, 0.1) is 0 Å². The van der Waals surface area contributed by atoms with Gasteiger partial charge in [0, 0.05) is 5.70 Å². The first kappa shape index (κ1) is 10.6. The van der Waals surface area contributed by atoms with Crippen molar-refractivity contribution in [1.82, 2.24) is 5.43 Å². The van der Waals surface area contributed by atoms with Crippen LogP contribution in [0.5, 0.6) is 0 Å². The van der Waals surface area contributed by atoms with Crippen molar-refractivity contribution in [1.29, 1.82) is 0 Å². The third-order valence-electron chi connectivity index (χ3n) is 1.91. The van der Waals surface area contributed by atoms with E-state index in [1.165, 1.54) is 0 Å². The minimum atomic E-state index is -0.0987. The highest BCUT2D eigenvalue weighted by Crippen LogP contribution is 2.10. The average molecular weight is 191 g/mol. The van der Waals surface area contributed by atoms with Crippen LogP contribution < -0.4 is 10.5 Å². The first-order valence-electron chi connectivity index (χ1n) is 4.79. The standard InChI is InChI=1S/C11H16N2O/c1-3-6-11(14)13-12-9(2)10-7-4-5-8-10/h4-5,7-8,12H,3,6H2,1-2H3,(H,13,14)/p-1. The summed E-state index contributed by atoms with van der Waals surface area (Å²) in [5, 5.41) is 14.8. The van der Waals surface area contributed by atoms with Gasteiger partial charge in [-0.15, -0.1) is 0 Å². The first-order valence-corrected chi connectivity index (χ1v) is 4.79. The zero-order valence-corrected chi connectivity index (χ0v) is 8.58. The summed E-state index contributed by atoms with van der Waals surface area (Å²) < 4.78 is 0. The molecule has 3 nitrogen and oxygen atoms in total. The Balaban J connectivity index is 2.53. The topological polar surface area (TPSA) is 47.5 Å². The lowest BCUT2D eigenvalue weighted by atomic mass is 10.2. The predicted molar refractivity (Wildman–Crippen MR) is 56.5 cm³/mol. The molecule has 0 spiro atoms. The highest BCUT2D eigenvalue weighted by atomic mass is 16.3. The van der Waals surface area contributed by atoms with Gasteiger partial charge in [-0.05, 0) is 24.8 Å². The first-order chi connectivity index (χ1) is 6.74. The second kappa shape index (κ2) is 5.27. The fraction of sp³-hybridized carbons (Fsp3) is 0.364. The molecule has 0 atom stereocenters. The zero-order valence-electron chi connectivity index (χ0n) is 8.58. The van der Waals surface area contributed by atoms with Crippen LogP contribution in [0.4, 0.5) is 0 Å². The van der Waals surface area contributed by atoms with Crippen molar-refractivity contribution in [3.05, 3.63) is 35.6 Å². The summed E-state index contributed by atoms with van der Waals surface area (Å²) in [6.07, 6.45) is 9.19. The molecule has 0 saturated carbocycles. The van der Waals surface area contributed by atoms with Crippen LogP contribution in [-0.2, 0) is 0 Å². The zero-order chi connectivity index (χ0) is 10.4. The number of rotatable bonds is 4. The molecule has 1 aliphatic rings. The van der Waals surface area contributed by atoms with Gasteiger partial charge in [0.2, 0.25) is 0 Å². The number of hydrogen-bond donors (Lipinski definition) is 1. The third-order valence-corrected chi connectivity index (χ3v) is 1.91. The molecule has 14 heavy (non-hydrogen) atoms. The number of nitrogens with one attached hydrogen (secondary N) is 1. The maximum atomic E-state index is 11.1. The molecule has 0 aromatic heterocycles. The highest BCUT2D eigenvalue weighted by molar-refractivity contribution is 5.71. The molecule has 0 amide bonds. The van der Waals surface area contributed by atoms with E-state index in [0.29, 0.717) is 6.42 Å². The normalized spacial score (nSPS) is 15.0. The Kier molecular flexibility index (Phi) is 3.98. The van der Waals surface area contributed by atoms with Crippen molar-refractivity contribution < 1.29 is 5.11 Å². The molecule has 1 rings (SSSR count). The second-order valence-corrected chi connectivity index (χ2v) is 3.17. The monoisotopic (exact) mass is 191 g/mol. The van der Waals surface area contributed by atoms with E-state index in [1.807, 2.05) is 38.2 Å². The van der Waals surface area contributed by atoms with E-state index < -0.39 is 0 Å². The molecule has 0 heterocycles. The van der Waals surface area contributed by atoms with Crippen LogP contribution in [0.1, 0.15) is 26.7 Å². The predicted octanol–water partition coefficient (Wildman–Crippen LogP) is 1.45. The summed E-state index contributed by atoms with van der Waals surface area (Å²) in [4.78, 5) is 0. The molecule has 0 aromatic carbocycles. The summed E-state index contributed by atoms with van der Waals surface area (Å²) in [7, 11) is 0. The maximum Gasteiger partial charge on any atom is 0.0376 e. The average Bonchev–Trinajstić information content (AvgIpc) is 2.67. The second-order valence-electron chi connectivity index (χ2n) is 3.17. The SMILES string of the molecule is CCCC([O-])=NNC(C)=C1C=CC=C1. The van der Waals surface area contributed by atoms with E-state index >= 15 is 0 Å². The maximum absolute atomic E-state index is 11.1. The number of nitrogens with zero attached hydrogens (tertiary/aromatic N) is 1. The molecular weight excluding hydrogens is 176 g/mol. The van der Waals surface area contributed by atoms with Crippen molar-refractivity contribution in [2.45, 2.75) is 26.7 Å².